The molecule has 0 radical (unpaired) electrons. The number of rotatable bonds is 9. The van der Waals surface area contributed by atoms with E-state index in [-0.39, 0.29) is 0 Å². The van der Waals surface area contributed by atoms with Crippen LogP contribution in [-0.2, 0) is 0 Å². The van der Waals surface area contributed by atoms with Gasteiger partial charge >= 0.3 is 0 Å². The van der Waals surface area contributed by atoms with Crippen LogP contribution in [0.5, 0.6) is 5.75 Å². The summed E-state index contributed by atoms with van der Waals surface area (Å²) >= 11 is 0. The van der Waals surface area contributed by atoms with Gasteiger partial charge in [-0.1, -0.05) is 26.7 Å². The molecule has 1 aromatic carbocycles. The van der Waals surface area contributed by atoms with Crippen molar-refractivity contribution in [3.8, 4) is 5.75 Å². The molecule has 1 saturated carbocycles. The van der Waals surface area contributed by atoms with Gasteiger partial charge in [-0.2, -0.15) is 0 Å². The number of nitrogens with zero attached hydrogens (tertiary/aromatic N) is 2. The van der Waals surface area contributed by atoms with E-state index in [2.05, 4.69) is 56.8 Å². The summed E-state index contributed by atoms with van der Waals surface area (Å²) in [4.78, 5) is 6.82. The first-order valence-electron chi connectivity index (χ1n) is 8.92. The van der Waals surface area contributed by atoms with Crippen LogP contribution in [0.3, 0.4) is 0 Å². The van der Waals surface area contributed by atoms with Gasteiger partial charge < -0.3 is 9.64 Å². The lowest BCUT2D eigenvalue weighted by molar-refractivity contribution is 0.246. The van der Waals surface area contributed by atoms with E-state index < -0.39 is 0 Å². The van der Waals surface area contributed by atoms with Crippen LogP contribution in [0.2, 0.25) is 0 Å². The van der Waals surface area contributed by atoms with Crippen molar-refractivity contribution in [3.05, 3.63) is 23.3 Å². The first-order valence-corrected chi connectivity index (χ1v) is 8.92. The highest BCUT2D eigenvalue weighted by molar-refractivity contribution is 5.64. The summed E-state index contributed by atoms with van der Waals surface area (Å²) in [5.41, 5.74) is 3.79. The Kier molecular flexibility index (Phi) is 6.09. The Hall–Kier alpha value is -1.51. The molecule has 0 atom stereocenters. The number of benzene rings is 1. The van der Waals surface area contributed by atoms with E-state index in [0.717, 1.165) is 24.6 Å². The van der Waals surface area contributed by atoms with E-state index >= 15 is 0 Å². The normalized spacial score (nSPS) is 15.9. The lowest BCUT2D eigenvalue weighted by Gasteiger charge is -2.15. The van der Waals surface area contributed by atoms with E-state index in [1.54, 1.807) is 0 Å². The zero-order valence-corrected chi connectivity index (χ0v) is 15.5. The molecule has 2 rings (SSSR count). The number of hydrogen-bond donors (Lipinski definition) is 0. The molecule has 0 saturated heterocycles. The minimum Gasteiger partial charge on any atom is -0.493 e. The zero-order valence-electron chi connectivity index (χ0n) is 15.5. The van der Waals surface area contributed by atoms with Crippen LogP contribution in [0.25, 0.3) is 0 Å². The third-order valence-electron chi connectivity index (χ3n) is 4.68. The lowest BCUT2D eigenvalue weighted by atomic mass is 10.1. The molecule has 128 valence electrons. The Morgan fingerprint density at radius 1 is 1.22 bits per heavy atom. The molecule has 1 fully saturated rings. The molecule has 3 nitrogen and oxygen atoms in total. The predicted molar refractivity (Wildman–Crippen MR) is 99.1 cm³/mol. The Morgan fingerprint density at radius 2 is 1.96 bits per heavy atom. The SMILES string of the molecule is CCCCCN(C)/C=N/c1cc(C)c(OCC2(C)CC2)cc1C. The molecule has 1 aliphatic rings. The molecular weight excluding hydrogens is 284 g/mol. The standard InChI is InChI=1S/C20H32N2O/c1-6-7-8-11-22(5)15-21-18-12-17(3)19(13-16(18)2)23-14-20(4)9-10-20/h12-13,15H,6-11,14H2,1-5H3/b21-15+. The summed E-state index contributed by atoms with van der Waals surface area (Å²) in [7, 11) is 2.09. The van der Waals surface area contributed by atoms with Crippen LogP contribution in [0.4, 0.5) is 5.69 Å². The van der Waals surface area contributed by atoms with Gasteiger partial charge in [-0.05, 0) is 56.4 Å². The number of aryl methyl sites for hydroxylation is 2. The molecule has 0 bridgehead atoms. The maximum atomic E-state index is 6.03. The Morgan fingerprint density at radius 3 is 2.61 bits per heavy atom. The maximum Gasteiger partial charge on any atom is 0.122 e. The molecule has 0 aliphatic heterocycles. The largest absolute Gasteiger partial charge is 0.493 e. The fourth-order valence-electron chi connectivity index (χ4n) is 2.51. The Bertz CT molecular complexity index is 547. The van der Waals surface area contributed by atoms with E-state index in [1.807, 2.05) is 6.34 Å². The van der Waals surface area contributed by atoms with Crippen LogP contribution in [-0.4, -0.2) is 31.4 Å². The molecule has 3 heteroatoms. The molecular formula is C20H32N2O. The molecule has 0 N–H and O–H groups in total. The molecule has 1 aromatic rings. The van der Waals surface area contributed by atoms with E-state index in [4.69, 9.17) is 4.74 Å². The van der Waals surface area contributed by atoms with Crippen molar-refractivity contribution in [1.29, 1.82) is 0 Å². The first kappa shape index (κ1) is 17.8. The molecule has 0 heterocycles. The van der Waals surface area contributed by atoms with E-state index in [9.17, 15) is 0 Å². The minimum absolute atomic E-state index is 0.415. The van der Waals surface area contributed by atoms with Gasteiger partial charge in [-0.3, -0.25) is 0 Å². The molecule has 0 unspecified atom stereocenters. The van der Waals surface area contributed by atoms with Crippen molar-refractivity contribution in [2.45, 2.75) is 59.8 Å². The van der Waals surface area contributed by atoms with Gasteiger partial charge in [0.05, 0.1) is 18.6 Å². The van der Waals surface area contributed by atoms with E-state index in [0.29, 0.717) is 5.41 Å². The summed E-state index contributed by atoms with van der Waals surface area (Å²) in [6.45, 7) is 10.6. The molecule has 23 heavy (non-hydrogen) atoms. The lowest BCUT2D eigenvalue weighted by Crippen LogP contribution is -2.17. The highest BCUT2D eigenvalue weighted by Crippen LogP contribution is 2.45. The van der Waals surface area contributed by atoms with Crippen LogP contribution in [0, 0.1) is 19.3 Å². The molecule has 1 aliphatic carbocycles. The monoisotopic (exact) mass is 316 g/mol. The second-order valence-corrected chi connectivity index (χ2v) is 7.44. The predicted octanol–water partition coefficient (Wildman–Crippen LogP) is 5.26. The summed E-state index contributed by atoms with van der Waals surface area (Å²) in [5, 5.41) is 0. The van der Waals surface area contributed by atoms with Crippen molar-refractivity contribution < 1.29 is 4.74 Å². The third kappa shape index (κ3) is 5.56. The summed E-state index contributed by atoms with van der Waals surface area (Å²) in [6.07, 6.45) is 8.28. The van der Waals surface area contributed by atoms with Crippen LogP contribution < -0.4 is 4.74 Å². The Balaban J connectivity index is 1.95. The Labute approximate surface area is 141 Å². The average molecular weight is 316 g/mol. The summed E-state index contributed by atoms with van der Waals surface area (Å²) in [5.74, 6) is 1.01. The smallest absolute Gasteiger partial charge is 0.122 e. The summed E-state index contributed by atoms with van der Waals surface area (Å²) in [6, 6.07) is 4.26. The fourth-order valence-corrected chi connectivity index (χ4v) is 2.51. The van der Waals surface area contributed by atoms with Crippen molar-refractivity contribution in [1.82, 2.24) is 4.90 Å². The summed E-state index contributed by atoms with van der Waals surface area (Å²) < 4.78 is 6.03. The third-order valence-corrected chi connectivity index (χ3v) is 4.68. The second kappa shape index (κ2) is 7.85. The quantitative estimate of drug-likeness (QED) is 0.352. The van der Waals surface area contributed by atoms with Crippen molar-refractivity contribution >= 4 is 12.0 Å². The van der Waals surface area contributed by atoms with Crippen molar-refractivity contribution in [2.24, 2.45) is 10.4 Å². The van der Waals surface area contributed by atoms with E-state index in [1.165, 1.54) is 43.2 Å². The average Bonchev–Trinajstić information content (AvgIpc) is 3.24. The fraction of sp³-hybridized carbons (Fsp3) is 0.650. The number of hydrogen-bond acceptors (Lipinski definition) is 2. The topological polar surface area (TPSA) is 24.8 Å². The van der Waals surface area contributed by atoms with Crippen molar-refractivity contribution in [3.63, 3.8) is 0 Å². The van der Waals surface area contributed by atoms with Gasteiger partial charge in [0.1, 0.15) is 5.75 Å². The first-order chi connectivity index (χ1) is 10.9. The van der Waals surface area contributed by atoms with Gasteiger partial charge in [0.2, 0.25) is 0 Å². The van der Waals surface area contributed by atoms with Gasteiger partial charge in [0, 0.05) is 19.0 Å². The molecule has 0 spiro atoms. The van der Waals surface area contributed by atoms with Gasteiger partial charge in [0.15, 0.2) is 0 Å². The highest BCUT2D eigenvalue weighted by atomic mass is 16.5. The van der Waals surface area contributed by atoms with Crippen LogP contribution in [0.1, 0.15) is 57.1 Å². The number of unbranched alkanes of at least 4 members (excludes halogenated alkanes) is 2. The molecule has 0 amide bonds. The van der Waals surface area contributed by atoms with Crippen molar-refractivity contribution in [2.75, 3.05) is 20.2 Å². The molecule has 0 aromatic heterocycles. The van der Waals surface area contributed by atoms with Crippen LogP contribution >= 0.6 is 0 Å². The number of ether oxygens (including phenoxy) is 1. The highest BCUT2D eigenvalue weighted by Gasteiger charge is 2.38. The van der Waals surface area contributed by atoms with Crippen LogP contribution in [0.15, 0.2) is 17.1 Å². The maximum absolute atomic E-state index is 6.03. The van der Waals surface area contributed by atoms with Gasteiger partial charge in [-0.15, -0.1) is 0 Å². The zero-order chi connectivity index (χ0) is 16.9. The number of aliphatic imine (C=N–C) groups is 1. The van der Waals surface area contributed by atoms with Gasteiger partial charge in [0.25, 0.3) is 0 Å². The second-order valence-electron chi connectivity index (χ2n) is 7.44. The van der Waals surface area contributed by atoms with Gasteiger partial charge in [-0.25, -0.2) is 4.99 Å². The minimum atomic E-state index is 0.415.